The van der Waals surface area contributed by atoms with Crippen molar-refractivity contribution in [2.45, 2.75) is 76.7 Å². The summed E-state index contributed by atoms with van der Waals surface area (Å²) in [6, 6.07) is 4.56. The van der Waals surface area contributed by atoms with Crippen LogP contribution < -0.4 is 11.1 Å². The summed E-state index contributed by atoms with van der Waals surface area (Å²) >= 11 is 1.35. The second-order valence-corrected chi connectivity index (χ2v) is 10.7. The third-order valence-electron chi connectivity index (χ3n) is 4.22. The summed E-state index contributed by atoms with van der Waals surface area (Å²) in [5.41, 5.74) is 6.91. The van der Waals surface area contributed by atoms with Crippen LogP contribution in [0.3, 0.4) is 0 Å². The normalized spacial score (nSPS) is 14.0. The molecule has 0 unspecified atom stereocenters. The molecule has 9 heteroatoms. The SMILES string of the molecule is C[C@H](C=O)c1c(SC[C@H](N)C(=O)OC(C)(C)C)[nH]c2cc(NC(=O)OC(C)(C)C)ccc12. The maximum atomic E-state index is 12.2. The third kappa shape index (κ3) is 7.27. The lowest BCUT2D eigenvalue weighted by Crippen LogP contribution is -2.39. The molecule has 0 bridgehead atoms. The molecular formula is C23H33N3O5S. The fourth-order valence-electron chi connectivity index (χ4n) is 2.95. The van der Waals surface area contributed by atoms with Gasteiger partial charge in [0.15, 0.2) is 0 Å². The van der Waals surface area contributed by atoms with Gasteiger partial charge in [-0.25, -0.2) is 4.79 Å². The van der Waals surface area contributed by atoms with E-state index < -0.39 is 29.3 Å². The number of H-pyrrole nitrogens is 1. The van der Waals surface area contributed by atoms with E-state index in [1.54, 1.807) is 60.6 Å². The Bertz CT molecular complexity index is 988. The Hall–Kier alpha value is -2.52. The van der Waals surface area contributed by atoms with Crippen LogP contribution in [-0.2, 0) is 19.1 Å². The Balaban J connectivity index is 2.25. The van der Waals surface area contributed by atoms with E-state index in [4.69, 9.17) is 15.2 Å². The zero-order valence-corrected chi connectivity index (χ0v) is 20.5. The molecule has 0 fully saturated rings. The van der Waals surface area contributed by atoms with Crippen LogP contribution in [0.4, 0.5) is 10.5 Å². The van der Waals surface area contributed by atoms with Crippen molar-refractivity contribution in [1.29, 1.82) is 0 Å². The number of nitrogens with one attached hydrogen (secondary N) is 2. The average Bonchev–Trinajstić information content (AvgIpc) is 2.99. The van der Waals surface area contributed by atoms with Gasteiger partial charge in [0.25, 0.3) is 0 Å². The van der Waals surface area contributed by atoms with Gasteiger partial charge in [-0.1, -0.05) is 13.0 Å². The number of aromatic amines is 1. The number of esters is 1. The number of anilines is 1. The summed E-state index contributed by atoms with van der Waals surface area (Å²) in [5.74, 6) is -0.563. The Kier molecular flexibility index (Phi) is 8.01. The molecule has 0 aliphatic heterocycles. The van der Waals surface area contributed by atoms with Crippen LogP contribution >= 0.6 is 11.8 Å². The van der Waals surface area contributed by atoms with Gasteiger partial charge in [0.2, 0.25) is 0 Å². The minimum atomic E-state index is -0.811. The van der Waals surface area contributed by atoms with Crippen molar-refractivity contribution < 1.29 is 23.9 Å². The van der Waals surface area contributed by atoms with Crippen molar-refractivity contribution >= 4 is 46.7 Å². The van der Waals surface area contributed by atoms with Gasteiger partial charge < -0.3 is 25.0 Å². The van der Waals surface area contributed by atoms with Crippen molar-refractivity contribution in [2.75, 3.05) is 11.1 Å². The van der Waals surface area contributed by atoms with Gasteiger partial charge in [-0.15, -0.1) is 11.8 Å². The quantitative estimate of drug-likeness (QED) is 0.312. The van der Waals surface area contributed by atoms with Crippen molar-refractivity contribution in [1.82, 2.24) is 4.98 Å². The Morgan fingerprint density at radius 3 is 2.34 bits per heavy atom. The van der Waals surface area contributed by atoms with E-state index in [9.17, 15) is 14.4 Å². The number of carbonyl (C=O) groups is 3. The lowest BCUT2D eigenvalue weighted by atomic mass is 10.0. The van der Waals surface area contributed by atoms with Crippen molar-refractivity contribution in [2.24, 2.45) is 5.73 Å². The number of nitrogens with two attached hydrogens (primary N) is 1. The highest BCUT2D eigenvalue weighted by molar-refractivity contribution is 7.99. The minimum Gasteiger partial charge on any atom is -0.459 e. The van der Waals surface area contributed by atoms with Crippen LogP contribution in [0.2, 0.25) is 0 Å². The number of aromatic nitrogens is 1. The molecule has 1 amide bonds. The maximum Gasteiger partial charge on any atom is 0.412 e. The highest BCUT2D eigenvalue weighted by Gasteiger charge is 2.24. The molecule has 2 aromatic rings. The molecule has 2 rings (SSSR count). The number of amides is 1. The fraction of sp³-hybridized carbons (Fsp3) is 0.522. The molecular weight excluding hydrogens is 430 g/mol. The van der Waals surface area contributed by atoms with E-state index in [0.717, 1.165) is 27.8 Å². The molecule has 176 valence electrons. The van der Waals surface area contributed by atoms with Crippen LogP contribution in [0.25, 0.3) is 10.9 Å². The minimum absolute atomic E-state index is 0.281. The van der Waals surface area contributed by atoms with Crippen LogP contribution in [-0.4, -0.2) is 46.3 Å². The van der Waals surface area contributed by atoms with Gasteiger partial charge in [-0.3, -0.25) is 10.1 Å². The Morgan fingerprint density at radius 2 is 1.78 bits per heavy atom. The maximum absolute atomic E-state index is 12.2. The fourth-order valence-corrected chi connectivity index (χ4v) is 4.06. The van der Waals surface area contributed by atoms with E-state index in [1.165, 1.54) is 11.8 Å². The van der Waals surface area contributed by atoms with Crippen LogP contribution in [0.1, 0.15) is 59.9 Å². The van der Waals surface area contributed by atoms with E-state index in [1.807, 2.05) is 6.07 Å². The second kappa shape index (κ2) is 9.95. The summed E-state index contributed by atoms with van der Waals surface area (Å²) in [6.07, 6.45) is 0.315. The molecule has 0 radical (unpaired) electrons. The molecule has 0 aliphatic carbocycles. The molecule has 4 N–H and O–H groups in total. The number of hydrogen-bond donors (Lipinski definition) is 3. The molecule has 1 aromatic carbocycles. The van der Waals surface area contributed by atoms with Crippen LogP contribution in [0.15, 0.2) is 23.2 Å². The zero-order chi connectivity index (χ0) is 24.3. The summed E-state index contributed by atoms with van der Waals surface area (Å²) in [6.45, 7) is 12.5. The van der Waals surface area contributed by atoms with Crippen LogP contribution in [0, 0.1) is 0 Å². The topological polar surface area (TPSA) is 124 Å². The molecule has 2 atom stereocenters. The summed E-state index contributed by atoms with van der Waals surface area (Å²) in [5, 5.41) is 4.31. The van der Waals surface area contributed by atoms with Gasteiger partial charge in [-0.2, -0.15) is 0 Å². The van der Waals surface area contributed by atoms with Gasteiger partial charge in [0, 0.05) is 33.8 Å². The summed E-state index contributed by atoms with van der Waals surface area (Å²) in [7, 11) is 0. The number of benzene rings is 1. The van der Waals surface area contributed by atoms with Gasteiger partial charge in [0.05, 0.1) is 5.03 Å². The third-order valence-corrected chi connectivity index (χ3v) is 5.36. The lowest BCUT2D eigenvalue weighted by Gasteiger charge is -2.22. The first-order valence-electron chi connectivity index (χ1n) is 10.4. The first-order chi connectivity index (χ1) is 14.7. The van der Waals surface area contributed by atoms with Crippen molar-refractivity contribution in [3.63, 3.8) is 0 Å². The molecule has 1 aromatic heterocycles. The number of carbonyl (C=O) groups excluding carboxylic acids is 3. The van der Waals surface area contributed by atoms with E-state index in [0.29, 0.717) is 5.69 Å². The summed E-state index contributed by atoms with van der Waals surface area (Å²) < 4.78 is 10.6. The second-order valence-electron chi connectivity index (χ2n) is 9.63. The van der Waals surface area contributed by atoms with Crippen LogP contribution in [0.5, 0.6) is 0 Å². The van der Waals surface area contributed by atoms with E-state index >= 15 is 0 Å². The van der Waals surface area contributed by atoms with Gasteiger partial charge >= 0.3 is 12.1 Å². The number of rotatable bonds is 7. The number of ether oxygens (including phenoxy) is 2. The average molecular weight is 464 g/mol. The van der Waals surface area contributed by atoms with E-state index in [2.05, 4.69) is 10.3 Å². The van der Waals surface area contributed by atoms with Gasteiger partial charge in [-0.05, 0) is 53.7 Å². The van der Waals surface area contributed by atoms with Gasteiger partial charge in [0.1, 0.15) is 23.5 Å². The predicted octanol–water partition coefficient (Wildman–Crippen LogP) is 4.58. The van der Waals surface area contributed by atoms with Crippen molar-refractivity contribution in [3.8, 4) is 0 Å². The monoisotopic (exact) mass is 463 g/mol. The molecule has 0 aliphatic rings. The largest absolute Gasteiger partial charge is 0.459 e. The molecule has 0 saturated carbocycles. The molecule has 0 saturated heterocycles. The highest BCUT2D eigenvalue weighted by Crippen LogP contribution is 2.36. The standard InChI is InChI=1S/C23H33N3O5S/c1-13(11-27)18-15-9-8-14(25-21(29)31-23(5,6)7)10-17(15)26-19(18)32-12-16(24)20(28)30-22(2,3)4/h8-11,13,16,26H,12,24H2,1-7H3,(H,25,29)/t13-,16+/m1/s1. The number of hydrogen-bond acceptors (Lipinski definition) is 7. The first kappa shape index (κ1) is 25.7. The number of thioether (sulfide) groups is 1. The number of fused-ring (bicyclic) bond motifs is 1. The molecule has 1 heterocycles. The molecule has 0 spiro atoms. The van der Waals surface area contributed by atoms with E-state index in [-0.39, 0.29) is 11.7 Å². The summed E-state index contributed by atoms with van der Waals surface area (Å²) in [4.78, 5) is 39.1. The smallest absolute Gasteiger partial charge is 0.412 e. The Morgan fingerprint density at radius 1 is 1.16 bits per heavy atom. The lowest BCUT2D eigenvalue weighted by molar-refractivity contribution is -0.155. The first-order valence-corrected chi connectivity index (χ1v) is 11.4. The zero-order valence-electron chi connectivity index (χ0n) is 19.7. The highest BCUT2D eigenvalue weighted by atomic mass is 32.2. The number of aldehydes is 1. The molecule has 8 nitrogen and oxygen atoms in total. The molecule has 32 heavy (non-hydrogen) atoms. The predicted molar refractivity (Wildman–Crippen MR) is 127 cm³/mol. The Labute approximate surface area is 193 Å². The van der Waals surface area contributed by atoms with Crippen molar-refractivity contribution in [3.05, 3.63) is 23.8 Å².